The van der Waals surface area contributed by atoms with Crippen LogP contribution in [-0.4, -0.2) is 29.1 Å². The largest absolute Gasteiger partial charge is 0.308 e. The Morgan fingerprint density at radius 3 is 1.74 bits per heavy atom. The summed E-state index contributed by atoms with van der Waals surface area (Å²) in [5, 5.41) is 4.58. The number of hydrogen-bond acceptors (Lipinski definition) is 4. The zero-order valence-corrected chi connectivity index (χ0v) is 26.8. The van der Waals surface area contributed by atoms with Crippen LogP contribution in [0.4, 0.5) is 0 Å². The van der Waals surface area contributed by atoms with E-state index in [9.17, 15) is 0 Å². The topological polar surface area (TPSA) is 61.4 Å². The maximum Gasteiger partial charge on any atom is 0.238 e. The highest BCUT2D eigenvalue weighted by molar-refractivity contribution is 6.20. The van der Waals surface area contributed by atoms with Crippen LogP contribution >= 0.6 is 0 Å². The van der Waals surface area contributed by atoms with Gasteiger partial charge in [-0.05, 0) is 35.9 Å². The molecule has 4 aromatic heterocycles. The minimum Gasteiger partial charge on any atom is -0.308 e. The molecule has 0 aliphatic heterocycles. The van der Waals surface area contributed by atoms with Gasteiger partial charge in [-0.3, -0.25) is 9.55 Å². The Morgan fingerprint density at radius 2 is 1.00 bits per heavy atom. The smallest absolute Gasteiger partial charge is 0.238 e. The number of para-hydroxylation sites is 3. The van der Waals surface area contributed by atoms with E-state index < -0.39 is 0 Å². The molecule has 234 valence electrons. The first-order chi connectivity index (χ1) is 24.8. The number of fused-ring (bicyclic) bond motifs is 6. The molecule has 0 amide bonds. The van der Waals surface area contributed by atoms with Gasteiger partial charge in [0.05, 0.1) is 28.3 Å². The summed E-state index contributed by atoms with van der Waals surface area (Å²) in [6.45, 7) is 0. The lowest BCUT2D eigenvalue weighted by Gasteiger charge is -2.14. The molecule has 0 N–H and O–H groups in total. The monoisotopic (exact) mass is 640 g/mol. The van der Waals surface area contributed by atoms with Crippen molar-refractivity contribution >= 4 is 43.6 Å². The Balaban J connectivity index is 1.32. The lowest BCUT2D eigenvalue weighted by molar-refractivity contribution is 0.954. The molecular formula is C44H28N6. The maximum absolute atomic E-state index is 5.19. The minimum absolute atomic E-state index is 0.569. The van der Waals surface area contributed by atoms with Gasteiger partial charge in [0.15, 0.2) is 11.6 Å². The van der Waals surface area contributed by atoms with Gasteiger partial charge in [0, 0.05) is 50.1 Å². The summed E-state index contributed by atoms with van der Waals surface area (Å²) in [6, 6.07) is 54.5. The van der Waals surface area contributed by atoms with E-state index in [2.05, 4.69) is 105 Å². The van der Waals surface area contributed by atoms with Crippen LogP contribution in [-0.2, 0) is 0 Å². The van der Waals surface area contributed by atoms with Crippen molar-refractivity contribution in [2.75, 3.05) is 0 Å². The minimum atomic E-state index is 0.569. The molecule has 0 aliphatic carbocycles. The Hall–Kier alpha value is -6.92. The lowest BCUT2D eigenvalue weighted by Crippen LogP contribution is -2.07. The quantitative estimate of drug-likeness (QED) is 0.188. The van der Waals surface area contributed by atoms with Crippen LogP contribution in [0.3, 0.4) is 0 Å². The molecule has 10 aromatic rings. The van der Waals surface area contributed by atoms with Gasteiger partial charge in [-0.25, -0.2) is 4.98 Å². The Morgan fingerprint density at radius 1 is 0.400 bits per heavy atom. The molecule has 6 nitrogen and oxygen atoms in total. The van der Waals surface area contributed by atoms with E-state index in [0.29, 0.717) is 17.6 Å². The van der Waals surface area contributed by atoms with Crippen LogP contribution in [0.5, 0.6) is 0 Å². The third-order valence-corrected chi connectivity index (χ3v) is 9.48. The fourth-order valence-corrected chi connectivity index (χ4v) is 7.34. The van der Waals surface area contributed by atoms with E-state index >= 15 is 0 Å². The first kappa shape index (κ1) is 28.1. The third kappa shape index (κ3) is 4.36. The second-order valence-corrected chi connectivity index (χ2v) is 12.3. The van der Waals surface area contributed by atoms with Gasteiger partial charge in [0.1, 0.15) is 0 Å². The van der Waals surface area contributed by atoms with Crippen molar-refractivity contribution in [1.82, 2.24) is 29.1 Å². The van der Waals surface area contributed by atoms with E-state index in [-0.39, 0.29) is 0 Å². The van der Waals surface area contributed by atoms with Crippen LogP contribution in [0.1, 0.15) is 0 Å². The van der Waals surface area contributed by atoms with Crippen LogP contribution in [0.2, 0.25) is 0 Å². The van der Waals surface area contributed by atoms with Crippen LogP contribution in [0, 0.1) is 0 Å². The van der Waals surface area contributed by atoms with Crippen LogP contribution in [0.25, 0.3) is 89.2 Å². The molecule has 0 atom stereocenters. The molecule has 0 saturated carbocycles. The Bertz CT molecular complexity index is 2800. The van der Waals surface area contributed by atoms with E-state index in [1.165, 1.54) is 5.39 Å². The molecule has 0 bridgehead atoms. The van der Waals surface area contributed by atoms with Gasteiger partial charge >= 0.3 is 0 Å². The summed E-state index contributed by atoms with van der Waals surface area (Å²) in [7, 11) is 0. The highest BCUT2D eigenvalue weighted by atomic mass is 15.2. The summed E-state index contributed by atoms with van der Waals surface area (Å²) in [6.07, 6.45) is 3.84. The summed E-state index contributed by atoms with van der Waals surface area (Å²) >= 11 is 0. The highest BCUT2D eigenvalue weighted by Gasteiger charge is 2.23. The summed E-state index contributed by atoms with van der Waals surface area (Å²) in [5.74, 6) is 1.82. The fourth-order valence-electron chi connectivity index (χ4n) is 7.34. The number of pyridine rings is 1. The van der Waals surface area contributed by atoms with Crippen LogP contribution in [0.15, 0.2) is 170 Å². The molecule has 0 unspecified atom stereocenters. The molecule has 0 fully saturated rings. The lowest BCUT2D eigenvalue weighted by atomic mass is 9.97. The van der Waals surface area contributed by atoms with Gasteiger partial charge in [-0.2, -0.15) is 9.97 Å². The predicted octanol–water partition coefficient (Wildman–Crippen LogP) is 10.5. The average Bonchev–Trinajstić information content (AvgIpc) is 3.72. The van der Waals surface area contributed by atoms with E-state index in [0.717, 1.165) is 66.2 Å². The van der Waals surface area contributed by atoms with E-state index in [1.54, 1.807) is 0 Å². The van der Waals surface area contributed by atoms with Gasteiger partial charge in [0.25, 0.3) is 0 Å². The summed E-state index contributed by atoms with van der Waals surface area (Å²) in [4.78, 5) is 19.9. The first-order valence-electron chi connectivity index (χ1n) is 16.7. The van der Waals surface area contributed by atoms with Crippen LogP contribution < -0.4 is 0 Å². The van der Waals surface area contributed by atoms with Gasteiger partial charge in [-0.15, -0.1) is 0 Å². The molecule has 0 aliphatic rings. The molecule has 6 heteroatoms. The van der Waals surface area contributed by atoms with Gasteiger partial charge < -0.3 is 4.57 Å². The molecular weight excluding hydrogens is 613 g/mol. The number of rotatable bonds is 5. The highest BCUT2D eigenvalue weighted by Crippen LogP contribution is 2.43. The molecule has 0 spiro atoms. The van der Waals surface area contributed by atoms with E-state index in [1.807, 2.05) is 79.1 Å². The molecule has 0 saturated heterocycles. The Labute approximate surface area is 287 Å². The zero-order valence-electron chi connectivity index (χ0n) is 26.8. The van der Waals surface area contributed by atoms with Crippen molar-refractivity contribution in [2.45, 2.75) is 0 Å². The van der Waals surface area contributed by atoms with Crippen molar-refractivity contribution in [3.8, 4) is 45.5 Å². The second kappa shape index (κ2) is 11.4. The SMILES string of the molecule is c1ccc(-c2nc(-c3ccccc3)nc(-n3c4ccccc4c4cccc(-c5cccc6c5c5ccncc5n6-c5ccccc5)c43)n2)cc1. The number of benzene rings is 6. The van der Waals surface area contributed by atoms with Gasteiger partial charge in [-0.1, -0.05) is 127 Å². The Kier molecular flexibility index (Phi) is 6.39. The number of hydrogen-bond donors (Lipinski definition) is 0. The fraction of sp³-hybridized carbons (Fsp3) is 0. The van der Waals surface area contributed by atoms with Crippen molar-refractivity contribution in [2.24, 2.45) is 0 Å². The molecule has 0 radical (unpaired) electrons. The van der Waals surface area contributed by atoms with Gasteiger partial charge in [0.2, 0.25) is 5.95 Å². The first-order valence-corrected chi connectivity index (χ1v) is 16.7. The van der Waals surface area contributed by atoms with Crippen molar-refractivity contribution in [3.63, 3.8) is 0 Å². The average molecular weight is 641 g/mol. The molecule has 10 rings (SSSR count). The van der Waals surface area contributed by atoms with Crippen molar-refractivity contribution in [3.05, 3.63) is 170 Å². The number of aromatic nitrogens is 6. The second-order valence-electron chi connectivity index (χ2n) is 12.3. The molecule has 6 aromatic carbocycles. The number of nitrogens with zero attached hydrogens (tertiary/aromatic N) is 6. The third-order valence-electron chi connectivity index (χ3n) is 9.48. The summed E-state index contributed by atoms with van der Waals surface area (Å²) in [5.41, 5.74) is 9.43. The normalized spacial score (nSPS) is 11.6. The summed E-state index contributed by atoms with van der Waals surface area (Å²) < 4.78 is 4.53. The standard InChI is InChI=1S/C44H28N6/c1-4-14-29(15-5-1)42-46-43(30-16-6-2-7-17-30)48-44(47-42)50-37-24-11-10-20-32(37)34-22-12-23-35(41(34)50)33-21-13-25-38-40(33)36-26-27-45-28-39(36)49(38)31-18-8-3-9-19-31/h1-28H. The molecule has 4 heterocycles. The predicted molar refractivity (Wildman–Crippen MR) is 203 cm³/mol. The maximum atomic E-state index is 5.19. The van der Waals surface area contributed by atoms with Crippen molar-refractivity contribution < 1.29 is 0 Å². The van der Waals surface area contributed by atoms with Crippen molar-refractivity contribution in [1.29, 1.82) is 0 Å². The molecule has 50 heavy (non-hydrogen) atoms. The van der Waals surface area contributed by atoms with E-state index in [4.69, 9.17) is 15.0 Å². The zero-order chi connectivity index (χ0) is 33.0.